The number of hydrogen-bond acceptors (Lipinski definition) is 4. The number of likely N-dealkylation sites (N-methyl/N-ethyl adjacent to an activating group) is 1. The van der Waals surface area contributed by atoms with Crippen molar-refractivity contribution in [1.29, 1.82) is 0 Å². The molecular formula is C22H28N2O3. The van der Waals surface area contributed by atoms with Crippen molar-refractivity contribution in [2.45, 2.75) is 6.42 Å². The number of amides is 1. The molecule has 0 radical (unpaired) electrons. The van der Waals surface area contributed by atoms with E-state index in [9.17, 15) is 4.79 Å². The maximum absolute atomic E-state index is 12.7. The van der Waals surface area contributed by atoms with Gasteiger partial charge < -0.3 is 14.4 Å². The van der Waals surface area contributed by atoms with Crippen LogP contribution in [0.5, 0.6) is 11.5 Å². The van der Waals surface area contributed by atoms with E-state index in [1.54, 1.807) is 25.2 Å². The monoisotopic (exact) mass is 368 g/mol. The van der Waals surface area contributed by atoms with E-state index in [0.717, 1.165) is 30.0 Å². The summed E-state index contributed by atoms with van der Waals surface area (Å²) in [5, 5.41) is 0. The standard InChI is InChI=1S/C22H28N2O3/c1-5-14-24(19-9-7-6-8-10-19)22(25)17-23(2)15-13-18-11-12-20(26-3)21(16-18)27-4/h5-12,16H,1,13-15,17H2,2-4H3. The van der Waals surface area contributed by atoms with Crippen LogP contribution in [0.4, 0.5) is 5.69 Å². The zero-order valence-electron chi connectivity index (χ0n) is 16.4. The molecule has 1 amide bonds. The highest BCUT2D eigenvalue weighted by Crippen LogP contribution is 2.27. The summed E-state index contributed by atoms with van der Waals surface area (Å²) in [6, 6.07) is 15.6. The maximum atomic E-state index is 12.7. The van der Waals surface area contributed by atoms with Gasteiger partial charge in [0.15, 0.2) is 11.5 Å². The van der Waals surface area contributed by atoms with Gasteiger partial charge in [-0.3, -0.25) is 9.69 Å². The lowest BCUT2D eigenvalue weighted by molar-refractivity contribution is -0.119. The van der Waals surface area contributed by atoms with Gasteiger partial charge in [-0.2, -0.15) is 0 Å². The van der Waals surface area contributed by atoms with E-state index in [0.29, 0.717) is 18.8 Å². The fraction of sp³-hybridized carbons (Fsp3) is 0.318. The van der Waals surface area contributed by atoms with Gasteiger partial charge in [-0.25, -0.2) is 0 Å². The fourth-order valence-corrected chi connectivity index (χ4v) is 2.84. The van der Waals surface area contributed by atoms with Gasteiger partial charge in [-0.15, -0.1) is 6.58 Å². The molecule has 2 aromatic rings. The average Bonchev–Trinajstić information content (AvgIpc) is 2.70. The third-order valence-electron chi connectivity index (χ3n) is 4.32. The quantitative estimate of drug-likeness (QED) is 0.603. The highest BCUT2D eigenvalue weighted by Gasteiger charge is 2.16. The summed E-state index contributed by atoms with van der Waals surface area (Å²) >= 11 is 0. The number of carbonyl (C=O) groups is 1. The van der Waals surface area contributed by atoms with Gasteiger partial charge in [0, 0.05) is 18.8 Å². The molecule has 0 bridgehead atoms. The smallest absolute Gasteiger partial charge is 0.241 e. The van der Waals surface area contributed by atoms with E-state index in [1.165, 1.54) is 0 Å². The fourth-order valence-electron chi connectivity index (χ4n) is 2.84. The highest BCUT2D eigenvalue weighted by molar-refractivity contribution is 5.95. The van der Waals surface area contributed by atoms with Crippen molar-refractivity contribution < 1.29 is 14.3 Å². The Morgan fingerprint density at radius 3 is 2.41 bits per heavy atom. The molecule has 2 rings (SSSR count). The Kier molecular flexibility index (Phi) is 7.89. The van der Waals surface area contributed by atoms with Crippen molar-refractivity contribution in [2.24, 2.45) is 0 Å². The van der Waals surface area contributed by atoms with Crippen molar-refractivity contribution in [3.63, 3.8) is 0 Å². The molecule has 27 heavy (non-hydrogen) atoms. The molecule has 0 spiro atoms. The summed E-state index contributed by atoms with van der Waals surface area (Å²) in [5.74, 6) is 1.48. The molecule has 2 aromatic carbocycles. The summed E-state index contributed by atoms with van der Waals surface area (Å²) in [6.07, 6.45) is 2.56. The summed E-state index contributed by atoms with van der Waals surface area (Å²) in [6.45, 7) is 5.36. The van der Waals surface area contributed by atoms with Crippen molar-refractivity contribution in [3.05, 3.63) is 66.7 Å². The lowest BCUT2D eigenvalue weighted by Crippen LogP contribution is -2.39. The largest absolute Gasteiger partial charge is 0.493 e. The minimum atomic E-state index is 0.0518. The zero-order valence-corrected chi connectivity index (χ0v) is 16.4. The summed E-state index contributed by atoms with van der Waals surface area (Å²) < 4.78 is 10.6. The number of rotatable bonds is 10. The summed E-state index contributed by atoms with van der Waals surface area (Å²) in [4.78, 5) is 16.5. The third kappa shape index (κ3) is 5.86. The van der Waals surface area contributed by atoms with Crippen LogP contribution >= 0.6 is 0 Å². The van der Waals surface area contributed by atoms with Crippen LogP contribution in [0.2, 0.25) is 0 Å². The molecule has 0 saturated heterocycles. The average molecular weight is 368 g/mol. The first-order valence-electron chi connectivity index (χ1n) is 8.94. The molecular weight excluding hydrogens is 340 g/mol. The van der Waals surface area contributed by atoms with Gasteiger partial charge >= 0.3 is 0 Å². The van der Waals surface area contributed by atoms with E-state index < -0.39 is 0 Å². The molecule has 5 heteroatoms. The van der Waals surface area contributed by atoms with Gasteiger partial charge in [0.05, 0.1) is 20.8 Å². The van der Waals surface area contributed by atoms with Gasteiger partial charge in [0.25, 0.3) is 0 Å². The Morgan fingerprint density at radius 1 is 1.07 bits per heavy atom. The number of hydrogen-bond donors (Lipinski definition) is 0. The van der Waals surface area contributed by atoms with Gasteiger partial charge in [0.1, 0.15) is 0 Å². The second kappa shape index (κ2) is 10.4. The van der Waals surface area contributed by atoms with E-state index in [2.05, 4.69) is 6.58 Å². The van der Waals surface area contributed by atoms with Crippen LogP contribution < -0.4 is 14.4 Å². The lowest BCUT2D eigenvalue weighted by atomic mass is 10.1. The van der Waals surface area contributed by atoms with Gasteiger partial charge in [-0.1, -0.05) is 30.3 Å². The molecule has 0 heterocycles. The number of carbonyl (C=O) groups excluding carboxylic acids is 1. The molecule has 0 aliphatic rings. The predicted molar refractivity (Wildman–Crippen MR) is 110 cm³/mol. The minimum Gasteiger partial charge on any atom is -0.493 e. The Labute approximate surface area is 161 Å². The molecule has 0 aromatic heterocycles. The Morgan fingerprint density at radius 2 is 1.78 bits per heavy atom. The minimum absolute atomic E-state index is 0.0518. The summed E-state index contributed by atoms with van der Waals surface area (Å²) in [7, 11) is 5.21. The van der Waals surface area contributed by atoms with E-state index in [-0.39, 0.29) is 5.91 Å². The molecule has 5 nitrogen and oxygen atoms in total. The van der Waals surface area contributed by atoms with Crippen molar-refractivity contribution in [2.75, 3.05) is 45.8 Å². The third-order valence-corrected chi connectivity index (χ3v) is 4.32. The van der Waals surface area contributed by atoms with Crippen molar-refractivity contribution >= 4 is 11.6 Å². The van der Waals surface area contributed by atoms with Crippen LogP contribution in [0.25, 0.3) is 0 Å². The molecule has 0 aliphatic heterocycles. The zero-order chi connectivity index (χ0) is 19.6. The Balaban J connectivity index is 1.95. The second-order valence-corrected chi connectivity index (χ2v) is 6.31. The van der Waals surface area contributed by atoms with E-state index in [1.807, 2.05) is 60.5 Å². The predicted octanol–water partition coefficient (Wildman–Crippen LogP) is 3.40. The van der Waals surface area contributed by atoms with Crippen LogP contribution in [0.1, 0.15) is 5.56 Å². The van der Waals surface area contributed by atoms with Gasteiger partial charge in [0.2, 0.25) is 5.91 Å². The number of nitrogens with zero attached hydrogens (tertiary/aromatic N) is 2. The molecule has 144 valence electrons. The molecule has 0 saturated carbocycles. The normalized spacial score (nSPS) is 10.5. The van der Waals surface area contributed by atoms with E-state index >= 15 is 0 Å². The first-order valence-corrected chi connectivity index (χ1v) is 8.94. The maximum Gasteiger partial charge on any atom is 0.241 e. The summed E-state index contributed by atoms with van der Waals surface area (Å²) in [5.41, 5.74) is 2.02. The molecule has 0 fully saturated rings. The number of ether oxygens (including phenoxy) is 2. The Bertz CT molecular complexity index is 746. The number of benzene rings is 2. The van der Waals surface area contributed by atoms with Crippen molar-refractivity contribution in [3.8, 4) is 11.5 Å². The lowest BCUT2D eigenvalue weighted by Gasteiger charge is -2.24. The molecule has 0 aliphatic carbocycles. The molecule has 0 unspecified atom stereocenters. The first kappa shape index (κ1) is 20.5. The molecule has 0 atom stereocenters. The van der Waals surface area contributed by atoms with Crippen LogP contribution in [0.15, 0.2) is 61.2 Å². The SMILES string of the molecule is C=CCN(C(=O)CN(C)CCc1ccc(OC)c(OC)c1)c1ccccc1. The number of methoxy groups -OCH3 is 2. The van der Waals surface area contributed by atoms with Crippen LogP contribution in [0, 0.1) is 0 Å². The van der Waals surface area contributed by atoms with Crippen molar-refractivity contribution in [1.82, 2.24) is 4.90 Å². The first-order chi connectivity index (χ1) is 13.1. The van der Waals surface area contributed by atoms with Crippen LogP contribution in [-0.4, -0.2) is 51.7 Å². The number of para-hydroxylation sites is 1. The number of anilines is 1. The second-order valence-electron chi connectivity index (χ2n) is 6.31. The van der Waals surface area contributed by atoms with Crippen LogP contribution in [0.3, 0.4) is 0 Å². The van der Waals surface area contributed by atoms with E-state index in [4.69, 9.17) is 9.47 Å². The van der Waals surface area contributed by atoms with Gasteiger partial charge in [-0.05, 0) is 43.3 Å². The topological polar surface area (TPSA) is 42.0 Å². The molecule has 0 N–H and O–H groups in total. The van der Waals surface area contributed by atoms with Crippen LogP contribution in [-0.2, 0) is 11.2 Å². The Hall–Kier alpha value is -2.79. The highest BCUT2D eigenvalue weighted by atomic mass is 16.5.